The molecule has 1 rings (SSSR count). The van der Waals surface area contributed by atoms with Crippen LogP contribution in [0.4, 0.5) is 0 Å². The Kier molecular flexibility index (Phi) is 4.39. The highest BCUT2D eigenvalue weighted by Crippen LogP contribution is 2.14. The number of rotatable bonds is 5. The molecule has 0 aliphatic carbocycles. The molecule has 76 valence electrons. The van der Waals surface area contributed by atoms with E-state index in [0.29, 0.717) is 19.6 Å². The van der Waals surface area contributed by atoms with Gasteiger partial charge in [0.2, 0.25) is 0 Å². The molecule has 0 aromatic heterocycles. The van der Waals surface area contributed by atoms with Crippen molar-refractivity contribution in [1.82, 2.24) is 0 Å². The van der Waals surface area contributed by atoms with Gasteiger partial charge in [-0.25, -0.2) is 0 Å². The normalized spacial score (nSPS) is 20.5. The molecule has 1 heterocycles. The van der Waals surface area contributed by atoms with Gasteiger partial charge in [0.1, 0.15) is 5.78 Å². The molecule has 3 nitrogen and oxygen atoms in total. The Morgan fingerprint density at radius 3 is 2.62 bits per heavy atom. The van der Waals surface area contributed by atoms with Crippen LogP contribution in [0, 0.1) is 5.92 Å². The maximum absolute atomic E-state index is 11.5. The van der Waals surface area contributed by atoms with Gasteiger partial charge in [0.05, 0.1) is 19.6 Å². The van der Waals surface area contributed by atoms with E-state index in [1.165, 1.54) is 0 Å². The molecule has 0 spiro atoms. The number of carbonyl (C=O) groups excluding carboxylic acids is 1. The van der Waals surface area contributed by atoms with E-state index in [0.717, 1.165) is 12.8 Å². The Bertz CT molecular complexity index is 162. The summed E-state index contributed by atoms with van der Waals surface area (Å²) >= 11 is 0. The van der Waals surface area contributed by atoms with E-state index in [4.69, 9.17) is 9.47 Å². The fraction of sp³-hybridized carbons (Fsp3) is 0.900. The van der Waals surface area contributed by atoms with Crippen molar-refractivity contribution in [1.29, 1.82) is 0 Å². The molecular formula is C10H18O3. The molecule has 0 saturated carbocycles. The molecule has 0 radical (unpaired) electrons. The lowest BCUT2D eigenvalue weighted by Crippen LogP contribution is -2.19. The molecule has 1 aliphatic heterocycles. The fourth-order valence-electron chi connectivity index (χ4n) is 1.48. The van der Waals surface area contributed by atoms with Gasteiger partial charge in [0.15, 0.2) is 6.29 Å². The number of hydrogen-bond acceptors (Lipinski definition) is 3. The van der Waals surface area contributed by atoms with Crippen LogP contribution in [0.1, 0.15) is 33.1 Å². The van der Waals surface area contributed by atoms with Crippen molar-refractivity contribution in [2.45, 2.75) is 39.4 Å². The molecule has 1 atom stereocenters. The molecule has 0 aromatic carbocycles. The summed E-state index contributed by atoms with van der Waals surface area (Å²) in [6, 6.07) is 0. The van der Waals surface area contributed by atoms with Crippen LogP contribution in [0.3, 0.4) is 0 Å². The zero-order valence-corrected chi connectivity index (χ0v) is 8.41. The summed E-state index contributed by atoms with van der Waals surface area (Å²) in [6.07, 6.45) is 2.17. The third kappa shape index (κ3) is 3.44. The molecule has 0 unspecified atom stereocenters. The summed E-state index contributed by atoms with van der Waals surface area (Å²) < 4.78 is 10.4. The Hall–Kier alpha value is -0.410. The van der Waals surface area contributed by atoms with Gasteiger partial charge in [0.25, 0.3) is 0 Å². The van der Waals surface area contributed by atoms with Gasteiger partial charge < -0.3 is 9.47 Å². The van der Waals surface area contributed by atoms with Gasteiger partial charge in [0, 0.05) is 5.92 Å². The van der Waals surface area contributed by atoms with Crippen LogP contribution >= 0.6 is 0 Å². The van der Waals surface area contributed by atoms with Gasteiger partial charge in [-0.15, -0.1) is 0 Å². The quantitative estimate of drug-likeness (QED) is 0.656. The molecule has 0 bridgehead atoms. The van der Waals surface area contributed by atoms with Gasteiger partial charge in [-0.1, -0.05) is 20.3 Å². The van der Waals surface area contributed by atoms with Crippen molar-refractivity contribution in [2.75, 3.05) is 13.2 Å². The largest absolute Gasteiger partial charge is 0.350 e. The second kappa shape index (κ2) is 5.35. The van der Waals surface area contributed by atoms with Crippen LogP contribution in [0.15, 0.2) is 0 Å². The first-order valence-electron chi connectivity index (χ1n) is 5.00. The first-order valence-corrected chi connectivity index (χ1v) is 5.00. The summed E-state index contributed by atoms with van der Waals surface area (Å²) in [7, 11) is 0. The van der Waals surface area contributed by atoms with Gasteiger partial charge in [-0.3, -0.25) is 4.79 Å². The molecule has 0 amide bonds. The van der Waals surface area contributed by atoms with Gasteiger partial charge in [-0.05, 0) is 6.42 Å². The highest BCUT2D eigenvalue weighted by molar-refractivity contribution is 5.80. The number of Topliss-reactive ketones (excluding diaryl/α,β-unsaturated/α-hetero) is 1. The molecule has 1 saturated heterocycles. The third-order valence-corrected chi connectivity index (χ3v) is 2.33. The van der Waals surface area contributed by atoms with Gasteiger partial charge >= 0.3 is 0 Å². The first kappa shape index (κ1) is 10.7. The Balaban J connectivity index is 2.22. The van der Waals surface area contributed by atoms with Crippen LogP contribution in [0.25, 0.3) is 0 Å². The Morgan fingerprint density at radius 2 is 2.08 bits per heavy atom. The van der Waals surface area contributed by atoms with Crippen molar-refractivity contribution in [2.24, 2.45) is 5.92 Å². The van der Waals surface area contributed by atoms with E-state index in [2.05, 4.69) is 6.92 Å². The summed E-state index contributed by atoms with van der Waals surface area (Å²) in [4.78, 5) is 11.5. The van der Waals surface area contributed by atoms with E-state index >= 15 is 0 Å². The van der Waals surface area contributed by atoms with E-state index in [-0.39, 0.29) is 18.0 Å². The van der Waals surface area contributed by atoms with Crippen LogP contribution < -0.4 is 0 Å². The van der Waals surface area contributed by atoms with E-state index < -0.39 is 0 Å². The van der Waals surface area contributed by atoms with Crippen LogP contribution in [0.2, 0.25) is 0 Å². The minimum absolute atomic E-state index is 0.151. The highest BCUT2D eigenvalue weighted by Gasteiger charge is 2.22. The van der Waals surface area contributed by atoms with Crippen LogP contribution in [-0.4, -0.2) is 25.3 Å². The van der Waals surface area contributed by atoms with Crippen molar-refractivity contribution >= 4 is 5.78 Å². The maximum atomic E-state index is 11.5. The predicted molar refractivity (Wildman–Crippen MR) is 49.4 cm³/mol. The van der Waals surface area contributed by atoms with Crippen molar-refractivity contribution in [3.8, 4) is 0 Å². The SMILES string of the molecule is CCC[C@@H](C)C(=O)CC1OCCO1. The Morgan fingerprint density at radius 1 is 1.46 bits per heavy atom. The van der Waals surface area contributed by atoms with Crippen molar-refractivity contribution in [3.63, 3.8) is 0 Å². The standard InChI is InChI=1S/C10H18O3/c1-3-4-8(2)9(11)7-10-12-5-6-13-10/h8,10H,3-7H2,1-2H3/t8-/m1/s1. The zero-order chi connectivity index (χ0) is 9.68. The molecule has 1 fully saturated rings. The lowest BCUT2D eigenvalue weighted by molar-refractivity contribution is -0.130. The fourth-order valence-corrected chi connectivity index (χ4v) is 1.48. The smallest absolute Gasteiger partial charge is 0.164 e. The number of carbonyl (C=O) groups is 1. The molecule has 0 N–H and O–H groups in total. The maximum Gasteiger partial charge on any atom is 0.164 e. The van der Waals surface area contributed by atoms with Crippen molar-refractivity contribution in [3.05, 3.63) is 0 Å². The molecular weight excluding hydrogens is 168 g/mol. The lowest BCUT2D eigenvalue weighted by Gasteiger charge is -2.12. The molecule has 1 aliphatic rings. The second-order valence-corrected chi connectivity index (χ2v) is 3.53. The minimum atomic E-state index is -0.271. The minimum Gasteiger partial charge on any atom is -0.350 e. The van der Waals surface area contributed by atoms with Crippen LogP contribution in [-0.2, 0) is 14.3 Å². The third-order valence-electron chi connectivity index (χ3n) is 2.33. The number of hydrogen-bond donors (Lipinski definition) is 0. The summed E-state index contributed by atoms with van der Waals surface area (Å²) in [5, 5.41) is 0. The molecule has 13 heavy (non-hydrogen) atoms. The average molecular weight is 186 g/mol. The number of ketones is 1. The summed E-state index contributed by atoms with van der Waals surface area (Å²) in [5.74, 6) is 0.409. The van der Waals surface area contributed by atoms with Crippen molar-refractivity contribution < 1.29 is 14.3 Å². The average Bonchev–Trinajstić information content (AvgIpc) is 2.57. The summed E-state index contributed by atoms with van der Waals surface area (Å²) in [6.45, 7) is 5.31. The van der Waals surface area contributed by atoms with E-state index in [1.807, 2.05) is 6.92 Å². The van der Waals surface area contributed by atoms with Gasteiger partial charge in [-0.2, -0.15) is 0 Å². The highest BCUT2D eigenvalue weighted by atomic mass is 16.7. The van der Waals surface area contributed by atoms with E-state index in [9.17, 15) is 4.79 Å². The molecule has 3 heteroatoms. The summed E-state index contributed by atoms with van der Waals surface area (Å²) in [5.41, 5.74) is 0. The molecule has 0 aromatic rings. The topological polar surface area (TPSA) is 35.5 Å². The lowest BCUT2D eigenvalue weighted by atomic mass is 9.99. The first-order chi connectivity index (χ1) is 6.24. The van der Waals surface area contributed by atoms with E-state index in [1.54, 1.807) is 0 Å². The number of ether oxygens (including phenoxy) is 2. The second-order valence-electron chi connectivity index (χ2n) is 3.53. The van der Waals surface area contributed by atoms with Crippen LogP contribution in [0.5, 0.6) is 0 Å². The predicted octanol–water partition coefficient (Wildman–Crippen LogP) is 1.75. The monoisotopic (exact) mass is 186 g/mol. The zero-order valence-electron chi connectivity index (χ0n) is 8.41. The Labute approximate surface area is 79.4 Å².